The highest BCUT2D eigenvalue weighted by atomic mass is 19.3. The fourth-order valence-electron chi connectivity index (χ4n) is 3.23. The van der Waals surface area contributed by atoms with Crippen LogP contribution >= 0.6 is 0 Å². The number of alkyl halides is 2. The molecule has 156 valence electrons. The fraction of sp³-hybridized carbons (Fsp3) is 0.250. The summed E-state index contributed by atoms with van der Waals surface area (Å²) >= 11 is 0. The predicted molar refractivity (Wildman–Crippen MR) is 107 cm³/mol. The topological polar surface area (TPSA) is 75.5 Å². The highest BCUT2D eigenvalue weighted by Crippen LogP contribution is 2.20. The molecule has 3 heterocycles. The number of hydrogen-bond acceptors (Lipinski definition) is 5. The lowest BCUT2D eigenvalue weighted by atomic mass is 10.3. The number of rotatable bonds is 5. The largest absolute Gasteiger partial charge is 0.435 e. The highest BCUT2D eigenvalue weighted by molar-refractivity contribution is 5.89. The van der Waals surface area contributed by atoms with Gasteiger partial charge in [-0.15, -0.1) is 0 Å². The zero-order valence-corrected chi connectivity index (χ0v) is 16.0. The lowest BCUT2D eigenvalue weighted by Gasteiger charge is -2.35. The van der Waals surface area contributed by atoms with E-state index >= 15 is 0 Å². The Morgan fingerprint density at radius 3 is 2.47 bits per heavy atom. The summed E-state index contributed by atoms with van der Waals surface area (Å²) in [6.07, 6.45) is 5.35. The number of nitrogens with zero attached hydrogens (tertiary/aromatic N) is 5. The number of piperazine rings is 1. The van der Waals surface area contributed by atoms with Gasteiger partial charge in [0.25, 0.3) is 0 Å². The average Bonchev–Trinajstić information content (AvgIpc) is 3.29. The van der Waals surface area contributed by atoms with E-state index in [1.165, 1.54) is 18.5 Å². The number of nitrogens with one attached hydrogen (secondary N) is 1. The molecule has 0 unspecified atom stereocenters. The average molecular weight is 414 g/mol. The van der Waals surface area contributed by atoms with E-state index in [1.807, 2.05) is 35.2 Å². The molecule has 4 rings (SSSR count). The number of hydrogen-bond donors (Lipinski definition) is 1. The molecule has 1 N–H and O–H groups in total. The van der Waals surface area contributed by atoms with Gasteiger partial charge in [-0.25, -0.2) is 14.8 Å². The van der Waals surface area contributed by atoms with Crippen LogP contribution in [0.5, 0.6) is 5.75 Å². The van der Waals surface area contributed by atoms with Gasteiger partial charge in [0.15, 0.2) is 0 Å². The summed E-state index contributed by atoms with van der Waals surface area (Å²) in [5.74, 6) is 1.57. The molecule has 2 amide bonds. The molecule has 0 saturated carbocycles. The van der Waals surface area contributed by atoms with Gasteiger partial charge >= 0.3 is 12.6 Å². The normalized spacial score (nSPS) is 14.1. The number of amides is 2. The van der Waals surface area contributed by atoms with Crippen molar-refractivity contribution in [2.45, 2.75) is 6.61 Å². The van der Waals surface area contributed by atoms with Gasteiger partial charge in [0, 0.05) is 56.4 Å². The van der Waals surface area contributed by atoms with Crippen LogP contribution < -0.4 is 15.0 Å². The van der Waals surface area contributed by atoms with Gasteiger partial charge in [-0.05, 0) is 24.3 Å². The number of anilines is 2. The highest BCUT2D eigenvalue weighted by Gasteiger charge is 2.22. The molecule has 1 saturated heterocycles. The standard InChI is InChI=1S/C20H20F2N6O2/c21-19(22)30-16-5-3-4-15(12-16)25-20(29)28-10-8-27(9-11-28)18-13-17(23-14-24-18)26-6-1-2-7-26/h1-7,12-14,19H,8-11H2,(H,25,29). The van der Waals surface area contributed by atoms with Crippen molar-refractivity contribution >= 4 is 17.5 Å². The predicted octanol–water partition coefficient (Wildman–Crippen LogP) is 3.22. The van der Waals surface area contributed by atoms with Gasteiger partial charge in [0.2, 0.25) is 0 Å². The second kappa shape index (κ2) is 8.76. The number of urea groups is 1. The molecule has 8 nitrogen and oxygen atoms in total. The summed E-state index contributed by atoms with van der Waals surface area (Å²) in [5, 5.41) is 2.72. The maximum Gasteiger partial charge on any atom is 0.387 e. The Kier molecular flexibility index (Phi) is 5.73. The molecule has 3 aromatic rings. The summed E-state index contributed by atoms with van der Waals surface area (Å²) in [6, 6.07) is 11.4. The van der Waals surface area contributed by atoms with Gasteiger partial charge in [0.05, 0.1) is 0 Å². The molecule has 2 aromatic heterocycles. The van der Waals surface area contributed by atoms with Crippen molar-refractivity contribution in [2.24, 2.45) is 0 Å². The Morgan fingerprint density at radius 1 is 1.00 bits per heavy atom. The minimum Gasteiger partial charge on any atom is -0.435 e. The Morgan fingerprint density at radius 2 is 1.73 bits per heavy atom. The van der Waals surface area contributed by atoms with E-state index in [2.05, 4.69) is 24.9 Å². The van der Waals surface area contributed by atoms with Crippen molar-refractivity contribution in [3.8, 4) is 11.6 Å². The quantitative estimate of drug-likeness (QED) is 0.694. The van der Waals surface area contributed by atoms with E-state index in [9.17, 15) is 13.6 Å². The molecule has 1 aromatic carbocycles. The number of carbonyl (C=O) groups excluding carboxylic acids is 1. The molecule has 1 aliphatic heterocycles. The maximum absolute atomic E-state index is 12.5. The van der Waals surface area contributed by atoms with Crippen molar-refractivity contribution in [1.29, 1.82) is 0 Å². The molecule has 10 heteroatoms. The van der Waals surface area contributed by atoms with Crippen LogP contribution in [0.4, 0.5) is 25.1 Å². The third-order valence-electron chi connectivity index (χ3n) is 4.71. The van der Waals surface area contributed by atoms with Gasteiger partial charge < -0.3 is 24.4 Å². The number of ether oxygens (including phenoxy) is 1. The smallest absolute Gasteiger partial charge is 0.387 e. The van der Waals surface area contributed by atoms with Gasteiger partial charge in [-0.1, -0.05) is 6.07 Å². The summed E-state index contributed by atoms with van der Waals surface area (Å²) in [5.41, 5.74) is 0.396. The van der Waals surface area contributed by atoms with Crippen molar-refractivity contribution in [3.63, 3.8) is 0 Å². The van der Waals surface area contributed by atoms with Crippen LogP contribution in [0.1, 0.15) is 0 Å². The number of benzene rings is 1. The summed E-state index contributed by atoms with van der Waals surface area (Å²) < 4.78 is 31.0. The second-order valence-corrected chi connectivity index (χ2v) is 6.64. The van der Waals surface area contributed by atoms with Crippen LogP contribution in [-0.4, -0.2) is 58.3 Å². The van der Waals surface area contributed by atoms with Crippen LogP contribution in [0.2, 0.25) is 0 Å². The van der Waals surface area contributed by atoms with E-state index < -0.39 is 6.61 Å². The minimum atomic E-state index is -2.91. The van der Waals surface area contributed by atoms with E-state index in [0.29, 0.717) is 31.9 Å². The van der Waals surface area contributed by atoms with Gasteiger partial charge in [-0.2, -0.15) is 8.78 Å². The maximum atomic E-state index is 12.5. The van der Waals surface area contributed by atoms with Crippen LogP contribution in [-0.2, 0) is 0 Å². The lowest BCUT2D eigenvalue weighted by molar-refractivity contribution is -0.0497. The summed E-state index contributed by atoms with van der Waals surface area (Å²) in [7, 11) is 0. The number of aromatic nitrogens is 3. The van der Waals surface area contributed by atoms with Gasteiger partial charge in [0.1, 0.15) is 23.7 Å². The molecule has 1 fully saturated rings. The Hall–Kier alpha value is -3.69. The Bertz CT molecular complexity index is 990. The lowest BCUT2D eigenvalue weighted by Crippen LogP contribution is -2.50. The van der Waals surface area contributed by atoms with Gasteiger partial charge in [-0.3, -0.25) is 0 Å². The molecule has 0 aliphatic carbocycles. The Labute approximate surface area is 171 Å². The molecule has 0 spiro atoms. The minimum absolute atomic E-state index is 0.00474. The number of carbonyl (C=O) groups is 1. The summed E-state index contributed by atoms with van der Waals surface area (Å²) in [4.78, 5) is 24.9. The first-order valence-electron chi connectivity index (χ1n) is 9.39. The van der Waals surface area contributed by atoms with E-state index in [0.717, 1.165) is 11.6 Å². The van der Waals surface area contributed by atoms with E-state index in [4.69, 9.17) is 0 Å². The van der Waals surface area contributed by atoms with Crippen molar-refractivity contribution in [3.05, 3.63) is 61.2 Å². The monoisotopic (exact) mass is 414 g/mol. The summed E-state index contributed by atoms with van der Waals surface area (Å²) in [6.45, 7) is -0.679. The molecular formula is C20H20F2N6O2. The van der Waals surface area contributed by atoms with Crippen LogP contribution in [0.25, 0.3) is 5.82 Å². The third-order valence-corrected chi connectivity index (χ3v) is 4.71. The fourth-order valence-corrected chi connectivity index (χ4v) is 3.23. The van der Waals surface area contributed by atoms with Crippen molar-refractivity contribution < 1.29 is 18.3 Å². The third kappa shape index (κ3) is 4.65. The first-order chi connectivity index (χ1) is 14.6. The SMILES string of the molecule is O=C(Nc1cccc(OC(F)F)c1)N1CCN(c2cc(-n3cccc3)ncn2)CC1. The molecule has 1 aliphatic rings. The van der Waals surface area contributed by atoms with Crippen LogP contribution in [0, 0.1) is 0 Å². The zero-order valence-electron chi connectivity index (χ0n) is 16.0. The second-order valence-electron chi connectivity index (χ2n) is 6.64. The van der Waals surface area contributed by atoms with Crippen molar-refractivity contribution in [1.82, 2.24) is 19.4 Å². The van der Waals surface area contributed by atoms with Crippen molar-refractivity contribution in [2.75, 3.05) is 36.4 Å². The Balaban J connectivity index is 1.34. The molecule has 30 heavy (non-hydrogen) atoms. The van der Waals surface area contributed by atoms with Crippen LogP contribution in [0.15, 0.2) is 61.2 Å². The molecule has 0 bridgehead atoms. The molecule has 0 radical (unpaired) electrons. The van der Waals surface area contributed by atoms with E-state index in [-0.39, 0.29) is 11.8 Å². The molecular weight excluding hydrogens is 394 g/mol. The molecule has 0 atom stereocenters. The van der Waals surface area contributed by atoms with Crippen LogP contribution in [0.3, 0.4) is 0 Å². The zero-order chi connectivity index (χ0) is 20.9. The first-order valence-corrected chi connectivity index (χ1v) is 9.39. The number of halogens is 2. The van der Waals surface area contributed by atoms with E-state index in [1.54, 1.807) is 17.0 Å². The first kappa shape index (κ1) is 19.6.